The van der Waals surface area contributed by atoms with Gasteiger partial charge >= 0.3 is 0 Å². The van der Waals surface area contributed by atoms with E-state index in [0.29, 0.717) is 16.3 Å². The summed E-state index contributed by atoms with van der Waals surface area (Å²) in [5.41, 5.74) is 3.00. The Labute approximate surface area is 128 Å². The van der Waals surface area contributed by atoms with Gasteiger partial charge in [0.1, 0.15) is 6.61 Å². The van der Waals surface area contributed by atoms with Gasteiger partial charge in [0.15, 0.2) is 0 Å². The lowest BCUT2D eigenvalue weighted by molar-refractivity contribution is 0.102. The minimum atomic E-state index is -0.194. The number of aliphatic hydroxyl groups excluding tert-OH is 1. The molecule has 0 atom stereocenters. The lowest BCUT2D eigenvalue weighted by Crippen LogP contribution is -2.11. The Bertz CT molecular complexity index is 712. The summed E-state index contributed by atoms with van der Waals surface area (Å²) in [7, 11) is 0. The normalized spacial score (nSPS) is 9.67. The van der Waals surface area contributed by atoms with Crippen molar-refractivity contribution in [3.63, 3.8) is 0 Å². The van der Waals surface area contributed by atoms with Gasteiger partial charge < -0.3 is 10.4 Å². The quantitative estimate of drug-likeness (QED) is 0.836. The first-order valence-electron chi connectivity index (χ1n) is 6.37. The molecule has 106 valence electrons. The van der Waals surface area contributed by atoms with E-state index in [1.54, 1.807) is 30.3 Å². The summed E-state index contributed by atoms with van der Waals surface area (Å²) in [4.78, 5) is 12.1. The van der Waals surface area contributed by atoms with Crippen LogP contribution in [0.3, 0.4) is 0 Å². The third kappa shape index (κ3) is 4.09. The molecule has 2 aromatic rings. The standard InChI is InChI=1S/C17H14ClNO2/c1-12-11-16(9-6-13(12)3-2-10-20)19-17(21)14-4-7-15(18)8-5-14/h4-9,11,20H,10H2,1H3,(H,19,21). The van der Waals surface area contributed by atoms with Crippen LogP contribution in [0.15, 0.2) is 42.5 Å². The van der Waals surface area contributed by atoms with Crippen molar-refractivity contribution in [3.05, 3.63) is 64.2 Å². The Balaban J connectivity index is 2.14. The van der Waals surface area contributed by atoms with Crippen LogP contribution in [0.25, 0.3) is 0 Å². The molecule has 2 N–H and O–H groups in total. The van der Waals surface area contributed by atoms with E-state index in [-0.39, 0.29) is 12.5 Å². The predicted molar refractivity (Wildman–Crippen MR) is 84.5 cm³/mol. The lowest BCUT2D eigenvalue weighted by Gasteiger charge is -2.07. The molecule has 2 rings (SSSR count). The molecule has 21 heavy (non-hydrogen) atoms. The average Bonchev–Trinajstić information content (AvgIpc) is 2.47. The number of halogens is 1. The zero-order valence-corrected chi connectivity index (χ0v) is 12.2. The highest BCUT2D eigenvalue weighted by Crippen LogP contribution is 2.16. The second kappa shape index (κ2) is 6.94. The van der Waals surface area contributed by atoms with Crippen LogP contribution >= 0.6 is 11.6 Å². The molecule has 0 aromatic heterocycles. The predicted octanol–water partition coefficient (Wildman–Crippen LogP) is 3.24. The number of amides is 1. The summed E-state index contributed by atoms with van der Waals surface area (Å²) in [5, 5.41) is 12.1. The van der Waals surface area contributed by atoms with E-state index >= 15 is 0 Å². The SMILES string of the molecule is Cc1cc(NC(=O)c2ccc(Cl)cc2)ccc1C#CCO. The Kier molecular flexibility index (Phi) is 4.99. The molecule has 3 nitrogen and oxygen atoms in total. The van der Waals surface area contributed by atoms with Crippen LogP contribution in [-0.4, -0.2) is 17.6 Å². The van der Waals surface area contributed by atoms with Crippen molar-refractivity contribution in [3.8, 4) is 11.8 Å². The van der Waals surface area contributed by atoms with Crippen LogP contribution in [0, 0.1) is 18.8 Å². The molecule has 0 radical (unpaired) electrons. The van der Waals surface area contributed by atoms with E-state index in [1.165, 1.54) is 0 Å². The monoisotopic (exact) mass is 299 g/mol. The van der Waals surface area contributed by atoms with E-state index in [2.05, 4.69) is 17.2 Å². The number of rotatable bonds is 2. The van der Waals surface area contributed by atoms with Gasteiger partial charge in [0.2, 0.25) is 0 Å². The maximum Gasteiger partial charge on any atom is 0.255 e. The summed E-state index contributed by atoms with van der Waals surface area (Å²) >= 11 is 5.79. The van der Waals surface area contributed by atoms with E-state index in [0.717, 1.165) is 11.1 Å². The largest absolute Gasteiger partial charge is 0.384 e. The number of benzene rings is 2. The molecule has 0 bridgehead atoms. The zero-order chi connectivity index (χ0) is 15.2. The van der Waals surface area contributed by atoms with Crippen LogP contribution in [0.1, 0.15) is 21.5 Å². The lowest BCUT2D eigenvalue weighted by atomic mass is 10.1. The molecule has 1 amide bonds. The van der Waals surface area contributed by atoms with Gasteiger partial charge in [0, 0.05) is 21.8 Å². The van der Waals surface area contributed by atoms with Crippen LogP contribution in [0.2, 0.25) is 5.02 Å². The van der Waals surface area contributed by atoms with Gasteiger partial charge in [-0.1, -0.05) is 23.4 Å². The fourth-order valence-electron chi connectivity index (χ4n) is 1.82. The van der Waals surface area contributed by atoms with Gasteiger partial charge in [-0.3, -0.25) is 4.79 Å². The van der Waals surface area contributed by atoms with Crippen molar-refractivity contribution >= 4 is 23.2 Å². The Morgan fingerprint density at radius 1 is 1.24 bits per heavy atom. The van der Waals surface area contributed by atoms with Crippen molar-refractivity contribution in [2.45, 2.75) is 6.92 Å². The number of anilines is 1. The molecule has 0 aliphatic rings. The summed E-state index contributed by atoms with van der Waals surface area (Å²) in [6.07, 6.45) is 0. The molecule has 0 saturated heterocycles. The van der Waals surface area contributed by atoms with Gasteiger partial charge in [0.05, 0.1) is 0 Å². The molecule has 0 fully saturated rings. The summed E-state index contributed by atoms with van der Waals surface area (Å²) in [6.45, 7) is 1.73. The highest BCUT2D eigenvalue weighted by Gasteiger charge is 2.06. The van der Waals surface area contributed by atoms with Crippen molar-refractivity contribution in [2.24, 2.45) is 0 Å². The Morgan fingerprint density at radius 3 is 2.57 bits per heavy atom. The molecule has 0 unspecified atom stereocenters. The second-order valence-corrected chi connectivity index (χ2v) is 4.89. The van der Waals surface area contributed by atoms with Gasteiger partial charge in [-0.25, -0.2) is 0 Å². The van der Waals surface area contributed by atoms with Crippen LogP contribution in [-0.2, 0) is 0 Å². The van der Waals surface area contributed by atoms with Crippen molar-refractivity contribution < 1.29 is 9.90 Å². The van der Waals surface area contributed by atoms with Crippen molar-refractivity contribution in [1.82, 2.24) is 0 Å². The topological polar surface area (TPSA) is 49.3 Å². The van der Waals surface area contributed by atoms with E-state index in [9.17, 15) is 4.79 Å². The molecule has 0 aliphatic carbocycles. The van der Waals surface area contributed by atoms with E-state index in [4.69, 9.17) is 16.7 Å². The average molecular weight is 300 g/mol. The highest BCUT2D eigenvalue weighted by molar-refractivity contribution is 6.30. The molecular weight excluding hydrogens is 286 g/mol. The molecular formula is C17H14ClNO2. The molecule has 2 aromatic carbocycles. The number of nitrogens with one attached hydrogen (secondary N) is 1. The molecule has 4 heteroatoms. The summed E-state index contributed by atoms with van der Waals surface area (Å²) in [5.74, 6) is 5.26. The first-order valence-corrected chi connectivity index (χ1v) is 6.75. The molecule has 0 saturated carbocycles. The fraction of sp³-hybridized carbons (Fsp3) is 0.118. The molecule has 0 aliphatic heterocycles. The van der Waals surface area contributed by atoms with E-state index in [1.807, 2.05) is 19.1 Å². The second-order valence-electron chi connectivity index (χ2n) is 4.45. The maximum absolute atomic E-state index is 12.1. The minimum absolute atomic E-state index is 0.172. The van der Waals surface area contributed by atoms with Gasteiger partial charge in [0.25, 0.3) is 5.91 Å². The third-order valence-electron chi connectivity index (χ3n) is 2.89. The maximum atomic E-state index is 12.1. The number of hydrogen-bond donors (Lipinski definition) is 2. The number of carbonyl (C=O) groups excluding carboxylic acids is 1. The van der Waals surface area contributed by atoms with Crippen LogP contribution in [0.5, 0.6) is 0 Å². The first kappa shape index (κ1) is 15.1. The Hall–Kier alpha value is -2.28. The number of carbonyl (C=O) groups is 1. The number of aliphatic hydroxyl groups is 1. The third-order valence-corrected chi connectivity index (χ3v) is 3.14. The van der Waals surface area contributed by atoms with Crippen molar-refractivity contribution in [1.29, 1.82) is 0 Å². The van der Waals surface area contributed by atoms with Crippen LogP contribution in [0.4, 0.5) is 5.69 Å². The highest BCUT2D eigenvalue weighted by atomic mass is 35.5. The smallest absolute Gasteiger partial charge is 0.255 e. The fourth-order valence-corrected chi connectivity index (χ4v) is 1.95. The van der Waals surface area contributed by atoms with Gasteiger partial charge in [-0.15, -0.1) is 0 Å². The van der Waals surface area contributed by atoms with Crippen molar-refractivity contribution in [2.75, 3.05) is 11.9 Å². The van der Waals surface area contributed by atoms with Gasteiger partial charge in [-0.05, 0) is 55.0 Å². The number of aryl methyl sites for hydroxylation is 1. The summed E-state index contributed by atoms with van der Waals surface area (Å²) < 4.78 is 0. The Morgan fingerprint density at radius 2 is 1.95 bits per heavy atom. The number of hydrogen-bond acceptors (Lipinski definition) is 2. The summed E-state index contributed by atoms with van der Waals surface area (Å²) in [6, 6.07) is 12.1. The molecule has 0 spiro atoms. The van der Waals surface area contributed by atoms with Crippen LogP contribution < -0.4 is 5.32 Å². The van der Waals surface area contributed by atoms with E-state index < -0.39 is 0 Å². The van der Waals surface area contributed by atoms with Gasteiger partial charge in [-0.2, -0.15) is 0 Å². The minimum Gasteiger partial charge on any atom is -0.384 e. The first-order chi connectivity index (χ1) is 10.1. The zero-order valence-electron chi connectivity index (χ0n) is 11.5. The molecule has 0 heterocycles.